The van der Waals surface area contributed by atoms with Crippen LogP contribution < -0.4 is 4.74 Å². The lowest BCUT2D eigenvalue weighted by Crippen LogP contribution is -2.42. The van der Waals surface area contributed by atoms with Crippen molar-refractivity contribution in [1.29, 1.82) is 0 Å². The summed E-state index contributed by atoms with van der Waals surface area (Å²) in [6.07, 6.45) is 3.46. The Kier molecular flexibility index (Phi) is 6.66. The Morgan fingerprint density at radius 1 is 1.00 bits per heavy atom. The lowest BCUT2D eigenvalue weighted by Gasteiger charge is -2.39. The highest BCUT2D eigenvalue weighted by Crippen LogP contribution is 2.41. The Morgan fingerprint density at radius 3 is 2.39 bits per heavy atom. The Balaban J connectivity index is 1.32. The molecule has 4 heteroatoms. The number of hydrogen-bond donors (Lipinski definition) is 0. The first-order valence-electron chi connectivity index (χ1n) is 11.7. The van der Waals surface area contributed by atoms with Crippen LogP contribution in [-0.2, 0) is 6.54 Å². The fourth-order valence-electron chi connectivity index (χ4n) is 4.85. The summed E-state index contributed by atoms with van der Waals surface area (Å²) in [6, 6.07) is 16.4. The van der Waals surface area contributed by atoms with E-state index < -0.39 is 0 Å². The standard InChI is InChI=1S/C27H36N2O2/c1-21(2)19-31-25-7-5-4-6-24(25)18-28-15-12-27(13-16-28)14-17-29(20-27)26(30)23-10-8-22(3)9-11-23/h4-11,21H,12-20H2,1-3H3. The molecule has 166 valence electrons. The second-order valence-electron chi connectivity index (χ2n) is 9.93. The molecular weight excluding hydrogens is 384 g/mol. The van der Waals surface area contributed by atoms with Gasteiger partial charge >= 0.3 is 0 Å². The molecule has 4 rings (SSSR count). The highest BCUT2D eigenvalue weighted by molar-refractivity contribution is 5.94. The minimum Gasteiger partial charge on any atom is -0.493 e. The Morgan fingerprint density at radius 2 is 1.68 bits per heavy atom. The fraction of sp³-hybridized carbons (Fsp3) is 0.519. The predicted molar refractivity (Wildman–Crippen MR) is 125 cm³/mol. The maximum absolute atomic E-state index is 12.9. The van der Waals surface area contributed by atoms with Gasteiger partial charge in [0.05, 0.1) is 6.61 Å². The quantitative estimate of drug-likeness (QED) is 0.647. The van der Waals surface area contributed by atoms with Gasteiger partial charge in [0.25, 0.3) is 5.91 Å². The monoisotopic (exact) mass is 420 g/mol. The highest BCUT2D eigenvalue weighted by atomic mass is 16.5. The maximum Gasteiger partial charge on any atom is 0.253 e. The molecule has 0 aromatic heterocycles. The molecule has 2 aromatic carbocycles. The van der Waals surface area contributed by atoms with E-state index in [1.807, 2.05) is 24.3 Å². The van der Waals surface area contributed by atoms with E-state index in [0.717, 1.165) is 57.1 Å². The molecule has 2 aromatic rings. The SMILES string of the molecule is Cc1ccc(C(=O)N2CCC3(CCN(Cc4ccccc4OCC(C)C)CC3)C2)cc1. The van der Waals surface area contributed by atoms with Crippen molar-refractivity contribution in [2.45, 2.75) is 46.6 Å². The summed E-state index contributed by atoms with van der Waals surface area (Å²) in [7, 11) is 0. The van der Waals surface area contributed by atoms with Gasteiger partial charge in [0.15, 0.2) is 0 Å². The van der Waals surface area contributed by atoms with Crippen LogP contribution in [0.15, 0.2) is 48.5 Å². The molecule has 2 saturated heterocycles. The van der Waals surface area contributed by atoms with E-state index in [9.17, 15) is 4.79 Å². The number of para-hydroxylation sites is 1. The van der Waals surface area contributed by atoms with E-state index in [1.54, 1.807) is 0 Å². The zero-order valence-corrected chi connectivity index (χ0v) is 19.3. The topological polar surface area (TPSA) is 32.8 Å². The molecule has 0 saturated carbocycles. The van der Waals surface area contributed by atoms with E-state index in [2.05, 4.69) is 54.8 Å². The molecule has 2 heterocycles. The van der Waals surface area contributed by atoms with Gasteiger partial charge in [-0.2, -0.15) is 0 Å². The van der Waals surface area contributed by atoms with Gasteiger partial charge in [-0.3, -0.25) is 9.69 Å². The Hall–Kier alpha value is -2.33. The average molecular weight is 421 g/mol. The Labute approximate surface area is 187 Å². The van der Waals surface area contributed by atoms with Crippen LogP contribution in [0, 0.1) is 18.3 Å². The molecule has 0 radical (unpaired) electrons. The number of piperidine rings is 1. The van der Waals surface area contributed by atoms with Crippen molar-refractivity contribution in [3.05, 3.63) is 65.2 Å². The van der Waals surface area contributed by atoms with Crippen LogP contribution in [0.4, 0.5) is 0 Å². The minimum absolute atomic E-state index is 0.190. The number of hydrogen-bond acceptors (Lipinski definition) is 3. The van der Waals surface area contributed by atoms with Crippen molar-refractivity contribution in [2.75, 3.05) is 32.8 Å². The van der Waals surface area contributed by atoms with Crippen molar-refractivity contribution < 1.29 is 9.53 Å². The van der Waals surface area contributed by atoms with Gasteiger partial charge in [-0.1, -0.05) is 49.7 Å². The lowest BCUT2D eigenvalue weighted by molar-refractivity contribution is 0.0712. The van der Waals surface area contributed by atoms with Crippen LogP contribution in [0.2, 0.25) is 0 Å². The molecule has 0 N–H and O–H groups in total. The number of rotatable bonds is 6. The highest BCUT2D eigenvalue weighted by Gasteiger charge is 2.42. The number of carbonyl (C=O) groups is 1. The van der Waals surface area contributed by atoms with Gasteiger partial charge in [0, 0.05) is 30.8 Å². The number of ether oxygens (including phenoxy) is 1. The molecular formula is C27H36N2O2. The molecule has 2 fully saturated rings. The third-order valence-electron chi connectivity index (χ3n) is 6.88. The van der Waals surface area contributed by atoms with E-state index in [1.165, 1.54) is 24.0 Å². The summed E-state index contributed by atoms with van der Waals surface area (Å²) in [5.41, 5.74) is 3.59. The zero-order valence-electron chi connectivity index (χ0n) is 19.3. The number of aryl methyl sites for hydroxylation is 1. The normalized spacial score (nSPS) is 18.6. The predicted octanol–water partition coefficient (Wildman–Crippen LogP) is 5.16. The van der Waals surface area contributed by atoms with Crippen molar-refractivity contribution in [3.8, 4) is 5.75 Å². The minimum atomic E-state index is 0.190. The van der Waals surface area contributed by atoms with Crippen LogP contribution in [0.5, 0.6) is 5.75 Å². The van der Waals surface area contributed by atoms with Gasteiger partial charge in [-0.05, 0) is 68.8 Å². The molecule has 0 aliphatic carbocycles. The molecule has 2 aliphatic rings. The van der Waals surface area contributed by atoms with Gasteiger partial charge in [-0.25, -0.2) is 0 Å². The summed E-state index contributed by atoms with van der Waals surface area (Å²) in [5, 5.41) is 0. The number of likely N-dealkylation sites (tertiary alicyclic amines) is 2. The summed E-state index contributed by atoms with van der Waals surface area (Å²) >= 11 is 0. The van der Waals surface area contributed by atoms with E-state index in [-0.39, 0.29) is 5.91 Å². The van der Waals surface area contributed by atoms with Gasteiger partial charge in [0.1, 0.15) is 5.75 Å². The van der Waals surface area contributed by atoms with Crippen LogP contribution in [0.3, 0.4) is 0 Å². The Bertz CT molecular complexity index is 882. The molecule has 0 bridgehead atoms. The van der Waals surface area contributed by atoms with Crippen LogP contribution >= 0.6 is 0 Å². The lowest BCUT2D eigenvalue weighted by atomic mass is 9.77. The second kappa shape index (κ2) is 9.44. The second-order valence-corrected chi connectivity index (χ2v) is 9.93. The van der Waals surface area contributed by atoms with E-state index in [0.29, 0.717) is 11.3 Å². The molecule has 1 spiro atoms. The summed E-state index contributed by atoms with van der Waals surface area (Å²) in [5.74, 6) is 1.73. The smallest absolute Gasteiger partial charge is 0.253 e. The van der Waals surface area contributed by atoms with Crippen molar-refractivity contribution in [3.63, 3.8) is 0 Å². The average Bonchev–Trinajstić information content (AvgIpc) is 3.18. The summed E-state index contributed by atoms with van der Waals surface area (Å²) in [4.78, 5) is 17.6. The first-order chi connectivity index (χ1) is 14.9. The van der Waals surface area contributed by atoms with Crippen molar-refractivity contribution in [1.82, 2.24) is 9.80 Å². The number of benzene rings is 2. The van der Waals surface area contributed by atoms with Crippen molar-refractivity contribution in [2.24, 2.45) is 11.3 Å². The third kappa shape index (κ3) is 5.30. The molecule has 0 atom stereocenters. The van der Waals surface area contributed by atoms with Crippen LogP contribution in [0.25, 0.3) is 0 Å². The molecule has 1 amide bonds. The van der Waals surface area contributed by atoms with Crippen LogP contribution in [-0.4, -0.2) is 48.5 Å². The number of amides is 1. The molecule has 31 heavy (non-hydrogen) atoms. The van der Waals surface area contributed by atoms with E-state index in [4.69, 9.17) is 4.74 Å². The van der Waals surface area contributed by atoms with Crippen LogP contribution in [0.1, 0.15) is 54.6 Å². The fourth-order valence-corrected chi connectivity index (χ4v) is 4.85. The molecule has 0 unspecified atom stereocenters. The summed E-state index contributed by atoms with van der Waals surface area (Å²) in [6.45, 7) is 12.1. The summed E-state index contributed by atoms with van der Waals surface area (Å²) < 4.78 is 6.05. The van der Waals surface area contributed by atoms with E-state index >= 15 is 0 Å². The number of nitrogens with zero attached hydrogens (tertiary/aromatic N) is 2. The molecule has 4 nitrogen and oxygen atoms in total. The first kappa shape index (κ1) is 21.9. The van der Waals surface area contributed by atoms with Gasteiger partial charge in [-0.15, -0.1) is 0 Å². The first-order valence-corrected chi connectivity index (χ1v) is 11.7. The zero-order chi connectivity index (χ0) is 21.8. The number of carbonyl (C=O) groups excluding carboxylic acids is 1. The molecule has 2 aliphatic heterocycles. The maximum atomic E-state index is 12.9. The largest absolute Gasteiger partial charge is 0.493 e. The third-order valence-corrected chi connectivity index (χ3v) is 6.88. The van der Waals surface area contributed by atoms with Crippen molar-refractivity contribution >= 4 is 5.91 Å². The van der Waals surface area contributed by atoms with Gasteiger partial charge in [0.2, 0.25) is 0 Å². The van der Waals surface area contributed by atoms with Gasteiger partial charge < -0.3 is 9.64 Å².